The van der Waals surface area contributed by atoms with E-state index in [2.05, 4.69) is 49.1 Å². The van der Waals surface area contributed by atoms with Crippen molar-refractivity contribution >= 4 is 0 Å². The van der Waals surface area contributed by atoms with E-state index in [1.54, 1.807) is 0 Å². The molecule has 4 rings (SSSR count). The highest BCUT2D eigenvalue weighted by Gasteiger charge is 2.69. The van der Waals surface area contributed by atoms with Crippen LogP contribution < -0.4 is 0 Å². The fourth-order valence-electron chi connectivity index (χ4n) is 4.13. The number of ether oxygens (including phenoxy) is 2. The molecule has 3 nitrogen and oxygen atoms in total. The smallest absolute Gasteiger partial charge is 0.122 e. The zero-order valence-corrected chi connectivity index (χ0v) is 11.0. The Hall–Kier alpha value is -0.900. The number of hydrogen-bond acceptors (Lipinski definition) is 3. The van der Waals surface area contributed by atoms with Gasteiger partial charge in [-0.3, -0.25) is 0 Å². The van der Waals surface area contributed by atoms with Crippen molar-refractivity contribution in [3.05, 3.63) is 35.9 Å². The van der Waals surface area contributed by atoms with Crippen LogP contribution in [0.15, 0.2) is 30.3 Å². The van der Waals surface area contributed by atoms with Crippen LogP contribution in [0.3, 0.4) is 0 Å². The summed E-state index contributed by atoms with van der Waals surface area (Å²) in [5, 5.41) is 0. The third-order valence-corrected chi connectivity index (χ3v) is 4.98. The molecule has 0 bridgehead atoms. The molecule has 96 valence electrons. The maximum Gasteiger partial charge on any atom is 0.122 e. The van der Waals surface area contributed by atoms with E-state index >= 15 is 0 Å². The van der Waals surface area contributed by atoms with E-state index in [1.807, 2.05) is 0 Å². The zero-order valence-electron chi connectivity index (χ0n) is 11.0. The van der Waals surface area contributed by atoms with Gasteiger partial charge in [-0.25, -0.2) is 4.90 Å². The molecule has 0 aliphatic carbocycles. The molecule has 2 atom stereocenters. The van der Waals surface area contributed by atoms with Crippen molar-refractivity contribution in [1.82, 2.24) is 4.90 Å². The minimum Gasteiger partial charge on any atom is -0.358 e. The van der Waals surface area contributed by atoms with Crippen molar-refractivity contribution in [1.29, 1.82) is 0 Å². The van der Waals surface area contributed by atoms with Gasteiger partial charge in [-0.2, -0.15) is 0 Å². The van der Waals surface area contributed by atoms with Gasteiger partial charge >= 0.3 is 0 Å². The minimum absolute atomic E-state index is 0.0821. The lowest BCUT2D eigenvalue weighted by Crippen LogP contribution is -2.52. The molecule has 2 unspecified atom stereocenters. The summed E-state index contributed by atoms with van der Waals surface area (Å²) in [5.41, 5.74) is 0.933. The largest absolute Gasteiger partial charge is 0.358 e. The van der Waals surface area contributed by atoms with Crippen LogP contribution in [0.4, 0.5) is 0 Å². The first kappa shape index (κ1) is 11.0. The van der Waals surface area contributed by atoms with Crippen molar-refractivity contribution in [3.8, 4) is 0 Å². The molecule has 18 heavy (non-hydrogen) atoms. The Balaban J connectivity index is 1.88. The second kappa shape index (κ2) is 3.16. The van der Waals surface area contributed by atoms with Crippen LogP contribution in [0, 0.1) is 0 Å². The Morgan fingerprint density at radius 3 is 2.06 bits per heavy atom. The Morgan fingerprint density at radius 2 is 1.50 bits per heavy atom. The van der Waals surface area contributed by atoms with Gasteiger partial charge in [-0.1, -0.05) is 30.3 Å². The molecule has 1 aromatic rings. The van der Waals surface area contributed by atoms with Gasteiger partial charge in [0, 0.05) is 0 Å². The van der Waals surface area contributed by atoms with Crippen LogP contribution in [-0.4, -0.2) is 29.6 Å². The lowest BCUT2D eigenvalue weighted by molar-refractivity contribution is -0.124. The van der Waals surface area contributed by atoms with E-state index in [0.29, 0.717) is 0 Å². The summed E-state index contributed by atoms with van der Waals surface area (Å²) in [6.45, 7) is 5.89. The number of hydrogen-bond donors (Lipinski definition) is 0. The van der Waals surface area contributed by atoms with Crippen LogP contribution >= 0.6 is 0 Å². The van der Waals surface area contributed by atoms with Crippen LogP contribution in [-0.2, 0) is 15.0 Å². The topological polar surface area (TPSA) is 21.7 Å². The van der Waals surface area contributed by atoms with E-state index in [0.717, 1.165) is 26.1 Å². The Kier molecular flexibility index (Phi) is 1.92. The summed E-state index contributed by atoms with van der Waals surface area (Å²) in [6.07, 6.45) is 2.11. The quantitative estimate of drug-likeness (QED) is 0.758. The van der Waals surface area contributed by atoms with Gasteiger partial charge in [0.1, 0.15) is 11.4 Å². The molecule has 3 aliphatic heterocycles. The average Bonchev–Trinajstić information content (AvgIpc) is 2.96. The molecule has 0 aromatic heterocycles. The van der Waals surface area contributed by atoms with Crippen molar-refractivity contribution in [2.75, 3.05) is 13.2 Å². The first-order valence-electron chi connectivity index (χ1n) is 6.73. The third-order valence-electron chi connectivity index (χ3n) is 4.98. The van der Waals surface area contributed by atoms with Gasteiger partial charge in [0.25, 0.3) is 0 Å². The summed E-state index contributed by atoms with van der Waals surface area (Å²) >= 11 is 0. The highest BCUT2D eigenvalue weighted by atomic mass is 16.6. The van der Waals surface area contributed by atoms with E-state index in [9.17, 15) is 0 Å². The number of nitrogens with zero attached hydrogens (tertiary/aromatic N) is 1. The molecule has 3 fully saturated rings. The first-order chi connectivity index (χ1) is 8.59. The average molecular weight is 245 g/mol. The Morgan fingerprint density at radius 1 is 0.944 bits per heavy atom. The van der Waals surface area contributed by atoms with E-state index < -0.39 is 0 Å². The molecule has 0 spiro atoms. The number of rotatable bonds is 1. The predicted octanol–water partition coefficient (Wildman–Crippen LogP) is 2.47. The highest BCUT2D eigenvalue weighted by molar-refractivity contribution is 5.31. The second-order valence-electron chi connectivity index (χ2n) is 6.16. The number of benzene rings is 1. The molecule has 3 heteroatoms. The molecular weight excluding hydrogens is 226 g/mol. The minimum atomic E-state index is -0.152. The van der Waals surface area contributed by atoms with Gasteiger partial charge in [-0.15, -0.1) is 0 Å². The van der Waals surface area contributed by atoms with Crippen LogP contribution in [0.25, 0.3) is 0 Å². The lowest BCUT2D eigenvalue weighted by Gasteiger charge is -2.38. The molecule has 3 saturated heterocycles. The van der Waals surface area contributed by atoms with E-state index in [-0.39, 0.29) is 17.0 Å². The van der Waals surface area contributed by atoms with Crippen molar-refractivity contribution in [2.45, 2.75) is 43.7 Å². The summed E-state index contributed by atoms with van der Waals surface area (Å²) in [6, 6.07) is 10.7. The van der Waals surface area contributed by atoms with Crippen LogP contribution in [0.1, 0.15) is 32.3 Å². The van der Waals surface area contributed by atoms with Crippen molar-refractivity contribution in [2.24, 2.45) is 0 Å². The summed E-state index contributed by atoms with van der Waals surface area (Å²) in [5.74, 6) is 0. The van der Waals surface area contributed by atoms with E-state index in [1.165, 1.54) is 5.56 Å². The van der Waals surface area contributed by atoms with E-state index in [4.69, 9.17) is 9.47 Å². The summed E-state index contributed by atoms with van der Waals surface area (Å²) < 4.78 is 12.3. The summed E-state index contributed by atoms with van der Waals surface area (Å²) in [4.78, 5) is 2.49. The molecular formula is C15H19NO2. The fourth-order valence-corrected chi connectivity index (χ4v) is 4.13. The fraction of sp³-hybridized carbons (Fsp3) is 0.600. The zero-order chi connectivity index (χ0) is 12.4. The van der Waals surface area contributed by atoms with Crippen LogP contribution in [0.2, 0.25) is 0 Å². The molecule has 3 aliphatic rings. The maximum absolute atomic E-state index is 6.17. The lowest BCUT2D eigenvalue weighted by atomic mass is 9.90. The van der Waals surface area contributed by atoms with Gasteiger partial charge in [-0.05, 0) is 32.3 Å². The third kappa shape index (κ3) is 1.11. The monoisotopic (exact) mass is 245 g/mol. The van der Waals surface area contributed by atoms with Crippen molar-refractivity contribution in [3.63, 3.8) is 0 Å². The molecule has 0 radical (unpaired) electrons. The molecule has 1 aromatic carbocycles. The molecule has 0 amide bonds. The molecule has 3 heterocycles. The van der Waals surface area contributed by atoms with Crippen molar-refractivity contribution < 1.29 is 9.47 Å². The molecule has 0 N–H and O–H groups in total. The SMILES string of the molecule is CC12CCC3(C)OCC(c4ccccc4)(CO1)N23. The Labute approximate surface area is 108 Å². The normalized spacial score (nSPS) is 46.6. The van der Waals surface area contributed by atoms with Crippen LogP contribution in [0.5, 0.6) is 0 Å². The maximum atomic E-state index is 6.17. The predicted molar refractivity (Wildman–Crippen MR) is 67.9 cm³/mol. The summed E-state index contributed by atoms with van der Waals surface area (Å²) in [7, 11) is 0. The standard InChI is InChI=1S/C15H19NO2/c1-13-8-9-14(2)16(13)15(10-17-13,11-18-14)12-6-4-3-5-7-12/h3-7H,8-11H2,1-2H3. The first-order valence-corrected chi connectivity index (χ1v) is 6.73. The van der Waals surface area contributed by atoms with Gasteiger partial charge in [0.15, 0.2) is 0 Å². The second-order valence-corrected chi connectivity index (χ2v) is 6.16. The van der Waals surface area contributed by atoms with Gasteiger partial charge in [0.05, 0.1) is 18.8 Å². The van der Waals surface area contributed by atoms with Gasteiger partial charge < -0.3 is 9.47 Å². The highest BCUT2D eigenvalue weighted by Crippen LogP contribution is 2.59. The molecule has 0 saturated carbocycles. The Bertz CT molecular complexity index is 467. The van der Waals surface area contributed by atoms with Gasteiger partial charge in [0.2, 0.25) is 0 Å².